The van der Waals surface area contributed by atoms with Gasteiger partial charge in [0.1, 0.15) is 0 Å². The third kappa shape index (κ3) is 4.62. The summed E-state index contributed by atoms with van der Waals surface area (Å²) in [7, 11) is 0. The summed E-state index contributed by atoms with van der Waals surface area (Å²) in [5, 5.41) is 7.16. The van der Waals surface area contributed by atoms with Crippen molar-refractivity contribution in [2.75, 3.05) is 39.4 Å². The second-order valence-corrected chi connectivity index (χ2v) is 9.86. The lowest BCUT2D eigenvalue weighted by Crippen LogP contribution is -2.46. The average Bonchev–Trinajstić information content (AvgIpc) is 3.44. The van der Waals surface area contributed by atoms with E-state index in [9.17, 15) is 9.59 Å². The highest BCUT2D eigenvalue weighted by molar-refractivity contribution is 5.81. The van der Waals surface area contributed by atoms with E-state index in [0.717, 1.165) is 64.6 Å². The summed E-state index contributed by atoms with van der Waals surface area (Å²) in [6.07, 6.45) is 6.66. The molecule has 0 radical (unpaired) electrons. The Morgan fingerprint density at radius 1 is 1.16 bits per heavy atom. The molecular weight excluding hydrogens is 398 g/mol. The zero-order valence-corrected chi connectivity index (χ0v) is 18.3. The lowest BCUT2D eigenvalue weighted by molar-refractivity contribution is -0.134. The third-order valence-corrected chi connectivity index (χ3v) is 7.43. The van der Waals surface area contributed by atoms with Gasteiger partial charge in [0.05, 0.1) is 12.6 Å². The van der Waals surface area contributed by atoms with Gasteiger partial charge >= 0.3 is 0 Å². The second kappa shape index (κ2) is 8.50. The van der Waals surface area contributed by atoms with Gasteiger partial charge in [-0.2, -0.15) is 4.98 Å². The van der Waals surface area contributed by atoms with Gasteiger partial charge in [-0.3, -0.25) is 14.5 Å². The number of aromatic nitrogens is 2. The zero-order chi connectivity index (χ0) is 21.4. The predicted molar refractivity (Wildman–Crippen MR) is 111 cm³/mol. The van der Waals surface area contributed by atoms with Crippen molar-refractivity contribution in [2.45, 2.75) is 64.0 Å². The van der Waals surface area contributed by atoms with Crippen LogP contribution in [0.15, 0.2) is 4.52 Å². The van der Waals surface area contributed by atoms with Gasteiger partial charge in [0.2, 0.25) is 17.7 Å². The van der Waals surface area contributed by atoms with Gasteiger partial charge in [0.25, 0.3) is 0 Å². The molecule has 1 unspecified atom stereocenters. The van der Waals surface area contributed by atoms with E-state index in [1.54, 1.807) is 0 Å². The summed E-state index contributed by atoms with van der Waals surface area (Å²) >= 11 is 0. The quantitative estimate of drug-likeness (QED) is 0.753. The minimum Gasteiger partial charge on any atom is -0.381 e. The molecular formula is C22H33N5O4. The Kier molecular flexibility index (Phi) is 5.73. The number of amides is 2. The van der Waals surface area contributed by atoms with Crippen LogP contribution in [0.5, 0.6) is 0 Å². The molecule has 1 atom stereocenters. The van der Waals surface area contributed by atoms with E-state index in [-0.39, 0.29) is 29.3 Å². The van der Waals surface area contributed by atoms with E-state index >= 15 is 0 Å². The third-order valence-electron chi connectivity index (χ3n) is 7.43. The average molecular weight is 432 g/mol. The molecule has 0 aromatic carbocycles. The van der Waals surface area contributed by atoms with Crippen LogP contribution in [0.1, 0.15) is 62.7 Å². The van der Waals surface area contributed by atoms with Crippen molar-refractivity contribution in [3.05, 3.63) is 11.7 Å². The number of carbonyl (C=O) groups excluding carboxylic acids is 2. The molecule has 3 aliphatic heterocycles. The highest BCUT2D eigenvalue weighted by Gasteiger charge is 2.49. The van der Waals surface area contributed by atoms with E-state index < -0.39 is 0 Å². The molecule has 4 heterocycles. The number of piperidine rings is 1. The summed E-state index contributed by atoms with van der Waals surface area (Å²) in [6, 6.07) is 0.144. The van der Waals surface area contributed by atoms with Gasteiger partial charge in [-0.1, -0.05) is 5.16 Å². The highest BCUT2D eigenvalue weighted by atomic mass is 16.5. The van der Waals surface area contributed by atoms with Crippen LogP contribution in [0.3, 0.4) is 0 Å². The number of ether oxygens (including phenoxy) is 1. The molecule has 1 N–H and O–H groups in total. The Bertz CT molecular complexity index is 809. The molecule has 4 aliphatic rings. The molecule has 2 amide bonds. The Balaban J connectivity index is 1.25. The first kappa shape index (κ1) is 20.9. The zero-order valence-electron chi connectivity index (χ0n) is 18.3. The number of rotatable bonds is 5. The Morgan fingerprint density at radius 3 is 2.55 bits per heavy atom. The molecule has 9 nitrogen and oxygen atoms in total. The molecule has 4 fully saturated rings. The maximum Gasteiger partial charge on any atom is 0.244 e. The van der Waals surface area contributed by atoms with Gasteiger partial charge in [-0.25, -0.2) is 0 Å². The molecule has 5 rings (SSSR count). The van der Waals surface area contributed by atoms with Crippen LogP contribution in [0, 0.1) is 18.3 Å². The first-order valence-corrected chi connectivity index (χ1v) is 11.7. The van der Waals surface area contributed by atoms with E-state index in [1.807, 2.05) is 6.92 Å². The van der Waals surface area contributed by atoms with Gasteiger partial charge in [-0.15, -0.1) is 0 Å². The monoisotopic (exact) mass is 431 g/mol. The molecule has 1 saturated carbocycles. The number of carbonyl (C=O) groups is 2. The van der Waals surface area contributed by atoms with Gasteiger partial charge in [-0.05, 0) is 57.3 Å². The smallest absolute Gasteiger partial charge is 0.244 e. The van der Waals surface area contributed by atoms with Crippen LogP contribution < -0.4 is 5.32 Å². The summed E-state index contributed by atoms with van der Waals surface area (Å²) in [5.74, 6) is 1.88. The van der Waals surface area contributed by atoms with E-state index in [2.05, 4.69) is 25.3 Å². The largest absolute Gasteiger partial charge is 0.381 e. The van der Waals surface area contributed by atoms with Crippen LogP contribution >= 0.6 is 0 Å². The fourth-order valence-corrected chi connectivity index (χ4v) is 5.45. The SMILES string of the molecule is Cc1noc(C2CC3(CCN(C(=O)C4CC4)CC3)CN2CC(=O)NC2CCOCC2)n1. The lowest BCUT2D eigenvalue weighted by atomic mass is 9.76. The molecule has 31 heavy (non-hydrogen) atoms. The molecule has 1 spiro atoms. The molecule has 1 aromatic heterocycles. The second-order valence-electron chi connectivity index (χ2n) is 9.86. The minimum absolute atomic E-state index is 0.0477. The molecule has 170 valence electrons. The normalized spacial score (nSPS) is 27.0. The summed E-state index contributed by atoms with van der Waals surface area (Å²) in [4.78, 5) is 34.0. The van der Waals surface area contributed by atoms with Crippen LogP contribution in [0.4, 0.5) is 0 Å². The Hall–Kier alpha value is -2.00. The Morgan fingerprint density at radius 2 is 1.90 bits per heavy atom. The summed E-state index contributed by atoms with van der Waals surface area (Å²) < 4.78 is 10.9. The summed E-state index contributed by atoms with van der Waals surface area (Å²) in [5.41, 5.74) is 0.0896. The molecule has 1 aliphatic carbocycles. The number of nitrogens with one attached hydrogen (secondary N) is 1. The van der Waals surface area contributed by atoms with Gasteiger partial charge in [0.15, 0.2) is 5.82 Å². The highest BCUT2D eigenvalue weighted by Crippen LogP contribution is 2.49. The van der Waals surface area contributed by atoms with Crippen molar-refractivity contribution in [1.82, 2.24) is 25.3 Å². The van der Waals surface area contributed by atoms with Gasteiger partial charge < -0.3 is 19.5 Å². The van der Waals surface area contributed by atoms with Crippen LogP contribution in [-0.4, -0.2) is 77.2 Å². The summed E-state index contributed by atoms with van der Waals surface area (Å²) in [6.45, 7) is 6.01. The van der Waals surface area contributed by atoms with E-state index in [0.29, 0.717) is 37.4 Å². The van der Waals surface area contributed by atoms with Crippen molar-refractivity contribution in [2.24, 2.45) is 11.3 Å². The maximum atomic E-state index is 12.8. The molecule has 9 heteroatoms. The number of likely N-dealkylation sites (tertiary alicyclic amines) is 2. The van der Waals surface area contributed by atoms with E-state index in [1.165, 1.54) is 0 Å². The van der Waals surface area contributed by atoms with Crippen molar-refractivity contribution in [3.8, 4) is 0 Å². The van der Waals surface area contributed by atoms with E-state index in [4.69, 9.17) is 9.26 Å². The molecule has 1 aromatic rings. The number of hydrogen-bond donors (Lipinski definition) is 1. The number of nitrogens with zero attached hydrogens (tertiary/aromatic N) is 4. The molecule has 0 bridgehead atoms. The van der Waals surface area contributed by atoms with Crippen LogP contribution in [-0.2, 0) is 14.3 Å². The van der Waals surface area contributed by atoms with Gasteiger partial charge in [0, 0.05) is 44.8 Å². The van der Waals surface area contributed by atoms with Crippen LogP contribution in [0.25, 0.3) is 0 Å². The predicted octanol–water partition coefficient (Wildman–Crippen LogP) is 1.44. The Labute approximate surface area is 182 Å². The lowest BCUT2D eigenvalue weighted by Gasteiger charge is -2.39. The first-order chi connectivity index (χ1) is 15.0. The van der Waals surface area contributed by atoms with Crippen molar-refractivity contribution >= 4 is 11.8 Å². The van der Waals surface area contributed by atoms with Crippen molar-refractivity contribution < 1.29 is 18.8 Å². The minimum atomic E-state index is -0.0488. The van der Waals surface area contributed by atoms with Crippen molar-refractivity contribution in [1.29, 1.82) is 0 Å². The fourth-order valence-electron chi connectivity index (χ4n) is 5.45. The van der Waals surface area contributed by atoms with Crippen LogP contribution in [0.2, 0.25) is 0 Å². The topological polar surface area (TPSA) is 101 Å². The fraction of sp³-hybridized carbons (Fsp3) is 0.818. The molecule has 3 saturated heterocycles. The maximum absolute atomic E-state index is 12.8. The van der Waals surface area contributed by atoms with Crippen molar-refractivity contribution in [3.63, 3.8) is 0 Å². The number of aryl methyl sites for hydroxylation is 1. The first-order valence-electron chi connectivity index (χ1n) is 11.7. The number of hydrogen-bond acceptors (Lipinski definition) is 7. The standard InChI is InChI=1S/C22H33N5O4/c1-15-23-20(31-25-15)18-12-22(6-8-26(9-7-22)21(29)16-2-3-16)14-27(18)13-19(28)24-17-4-10-30-11-5-17/h16-18H,2-14H2,1H3,(H,24,28).